The molecule has 1 amide bonds. The molecule has 2 atom stereocenters. The maximum absolute atomic E-state index is 11.4. The molecule has 1 rings (SSSR count). The van der Waals surface area contributed by atoms with Gasteiger partial charge in [-0.1, -0.05) is 0 Å². The monoisotopic (exact) mass is 166 g/mol. The normalized spacial score (nSPS) is 29.6. The maximum atomic E-state index is 11.4. The molecular formula is C9H14N2O. The fraction of sp³-hybridized carbons (Fsp3) is 0.778. The minimum Gasteiger partial charge on any atom is -0.336 e. The van der Waals surface area contributed by atoms with E-state index < -0.39 is 0 Å². The topological polar surface area (TPSA) is 44.1 Å². The molecule has 12 heavy (non-hydrogen) atoms. The van der Waals surface area contributed by atoms with Gasteiger partial charge in [0.1, 0.15) is 0 Å². The van der Waals surface area contributed by atoms with Gasteiger partial charge in [-0.2, -0.15) is 5.26 Å². The van der Waals surface area contributed by atoms with Crippen molar-refractivity contribution in [3.05, 3.63) is 0 Å². The predicted octanol–water partition coefficient (Wildman–Crippen LogP) is 1.16. The van der Waals surface area contributed by atoms with Crippen LogP contribution < -0.4 is 0 Å². The van der Waals surface area contributed by atoms with Gasteiger partial charge in [-0.05, 0) is 20.8 Å². The van der Waals surface area contributed by atoms with Crippen molar-refractivity contribution in [2.45, 2.75) is 39.3 Å². The lowest BCUT2D eigenvalue weighted by molar-refractivity contribution is -0.130. The van der Waals surface area contributed by atoms with Gasteiger partial charge in [0.05, 0.1) is 12.0 Å². The molecule has 2 unspecified atom stereocenters. The zero-order chi connectivity index (χ0) is 9.30. The first-order chi connectivity index (χ1) is 5.57. The molecule has 0 aromatic rings. The lowest BCUT2D eigenvalue weighted by atomic mass is 10.0. The molecule has 0 spiro atoms. The quantitative estimate of drug-likeness (QED) is 0.586. The summed E-state index contributed by atoms with van der Waals surface area (Å²) in [7, 11) is 0. The van der Waals surface area contributed by atoms with Crippen molar-refractivity contribution in [1.29, 1.82) is 5.26 Å². The van der Waals surface area contributed by atoms with E-state index in [1.54, 1.807) is 4.90 Å². The highest BCUT2D eigenvalue weighted by Gasteiger charge is 2.37. The third kappa shape index (κ3) is 1.29. The number of nitriles is 1. The Hall–Kier alpha value is -1.04. The standard InChI is InChI=1S/C9H14N2O/c1-6(2)11-7(3)8(5-10)4-9(11)12/h6-8H,4H2,1-3H3. The van der Waals surface area contributed by atoms with E-state index in [2.05, 4.69) is 6.07 Å². The van der Waals surface area contributed by atoms with Crippen molar-refractivity contribution in [3.63, 3.8) is 0 Å². The number of hydrogen-bond donors (Lipinski definition) is 0. The van der Waals surface area contributed by atoms with E-state index in [4.69, 9.17) is 5.26 Å². The molecule has 0 saturated carbocycles. The number of rotatable bonds is 1. The fourth-order valence-corrected chi connectivity index (χ4v) is 1.80. The van der Waals surface area contributed by atoms with Crippen LogP contribution in [0, 0.1) is 17.2 Å². The number of amides is 1. The first-order valence-corrected chi connectivity index (χ1v) is 4.28. The van der Waals surface area contributed by atoms with Crippen LogP contribution in [0.3, 0.4) is 0 Å². The van der Waals surface area contributed by atoms with Crippen LogP contribution in [0.1, 0.15) is 27.2 Å². The van der Waals surface area contributed by atoms with Crippen LogP contribution in [0.25, 0.3) is 0 Å². The summed E-state index contributed by atoms with van der Waals surface area (Å²) in [6.45, 7) is 5.90. The van der Waals surface area contributed by atoms with Gasteiger partial charge in [0.25, 0.3) is 0 Å². The lowest BCUT2D eigenvalue weighted by Crippen LogP contribution is -2.38. The second-order valence-electron chi connectivity index (χ2n) is 3.58. The second kappa shape index (κ2) is 3.14. The van der Waals surface area contributed by atoms with Gasteiger partial charge in [0, 0.05) is 18.5 Å². The molecular weight excluding hydrogens is 152 g/mol. The molecule has 0 aromatic carbocycles. The summed E-state index contributed by atoms with van der Waals surface area (Å²) in [5.41, 5.74) is 0. The zero-order valence-electron chi connectivity index (χ0n) is 7.74. The minimum absolute atomic E-state index is 0.0856. The molecule has 1 saturated heterocycles. The molecule has 3 heteroatoms. The van der Waals surface area contributed by atoms with Crippen LogP contribution in [0.4, 0.5) is 0 Å². The largest absolute Gasteiger partial charge is 0.336 e. The molecule has 0 radical (unpaired) electrons. The van der Waals surface area contributed by atoms with Crippen LogP contribution in [-0.2, 0) is 4.79 Å². The van der Waals surface area contributed by atoms with Gasteiger partial charge < -0.3 is 4.90 Å². The van der Waals surface area contributed by atoms with Gasteiger partial charge in [0.15, 0.2) is 0 Å². The average Bonchev–Trinajstić information content (AvgIpc) is 2.25. The Balaban J connectivity index is 2.79. The summed E-state index contributed by atoms with van der Waals surface area (Å²) in [4.78, 5) is 13.2. The molecule has 1 aliphatic heterocycles. The van der Waals surface area contributed by atoms with E-state index in [0.29, 0.717) is 6.42 Å². The Morgan fingerprint density at radius 2 is 2.25 bits per heavy atom. The summed E-state index contributed by atoms with van der Waals surface area (Å²) in [6, 6.07) is 2.47. The highest BCUT2D eigenvalue weighted by atomic mass is 16.2. The molecule has 1 fully saturated rings. The van der Waals surface area contributed by atoms with Crippen LogP contribution >= 0.6 is 0 Å². The number of likely N-dealkylation sites (tertiary alicyclic amines) is 1. The molecule has 1 aliphatic rings. The molecule has 1 heterocycles. The van der Waals surface area contributed by atoms with Crippen molar-refractivity contribution >= 4 is 5.91 Å². The Morgan fingerprint density at radius 1 is 1.67 bits per heavy atom. The number of carbonyl (C=O) groups is 1. The first-order valence-electron chi connectivity index (χ1n) is 4.28. The van der Waals surface area contributed by atoms with E-state index in [1.165, 1.54) is 0 Å². The van der Waals surface area contributed by atoms with E-state index >= 15 is 0 Å². The van der Waals surface area contributed by atoms with E-state index in [-0.39, 0.29) is 23.9 Å². The fourth-order valence-electron chi connectivity index (χ4n) is 1.80. The van der Waals surface area contributed by atoms with Crippen LogP contribution in [0.15, 0.2) is 0 Å². The van der Waals surface area contributed by atoms with Gasteiger partial charge in [-0.3, -0.25) is 4.79 Å². The minimum atomic E-state index is -0.111. The van der Waals surface area contributed by atoms with Crippen LogP contribution in [0.2, 0.25) is 0 Å². The Kier molecular flexibility index (Phi) is 2.37. The number of hydrogen-bond acceptors (Lipinski definition) is 2. The molecule has 0 bridgehead atoms. The zero-order valence-corrected chi connectivity index (χ0v) is 7.74. The van der Waals surface area contributed by atoms with Crippen LogP contribution in [-0.4, -0.2) is 22.9 Å². The molecule has 66 valence electrons. The van der Waals surface area contributed by atoms with E-state index in [1.807, 2.05) is 20.8 Å². The van der Waals surface area contributed by atoms with Crippen molar-refractivity contribution in [2.75, 3.05) is 0 Å². The summed E-state index contributed by atoms with van der Waals surface area (Å²) < 4.78 is 0. The van der Waals surface area contributed by atoms with Gasteiger partial charge >= 0.3 is 0 Å². The maximum Gasteiger partial charge on any atom is 0.224 e. The molecule has 0 aromatic heterocycles. The van der Waals surface area contributed by atoms with E-state index in [0.717, 1.165) is 0 Å². The third-order valence-electron chi connectivity index (χ3n) is 2.43. The summed E-state index contributed by atoms with van der Waals surface area (Å²) >= 11 is 0. The van der Waals surface area contributed by atoms with Crippen molar-refractivity contribution < 1.29 is 4.79 Å². The van der Waals surface area contributed by atoms with Crippen molar-refractivity contribution in [3.8, 4) is 6.07 Å². The van der Waals surface area contributed by atoms with E-state index in [9.17, 15) is 4.79 Å². The first kappa shape index (κ1) is 9.05. The highest BCUT2D eigenvalue weighted by molar-refractivity contribution is 5.80. The predicted molar refractivity (Wildman–Crippen MR) is 45.2 cm³/mol. The number of carbonyl (C=O) groups excluding carboxylic acids is 1. The Labute approximate surface area is 73.0 Å². The van der Waals surface area contributed by atoms with Crippen molar-refractivity contribution in [2.24, 2.45) is 5.92 Å². The molecule has 0 N–H and O–H groups in total. The highest BCUT2D eigenvalue weighted by Crippen LogP contribution is 2.26. The Morgan fingerprint density at radius 3 is 2.50 bits per heavy atom. The average molecular weight is 166 g/mol. The molecule has 0 aliphatic carbocycles. The summed E-state index contributed by atoms with van der Waals surface area (Å²) in [5.74, 6) is 0.00366. The SMILES string of the molecule is CC(C)N1C(=O)CC(C#N)C1C. The lowest BCUT2D eigenvalue weighted by Gasteiger charge is -2.26. The van der Waals surface area contributed by atoms with Crippen LogP contribution in [0.5, 0.6) is 0 Å². The Bertz CT molecular complexity index is 229. The summed E-state index contributed by atoms with van der Waals surface area (Å²) in [6.07, 6.45) is 0.399. The van der Waals surface area contributed by atoms with Gasteiger partial charge in [-0.25, -0.2) is 0 Å². The van der Waals surface area contributed by atoms with Crippen molar-refractivity contribution in [1.82, 2.24) is 4.90 Å². The third-order valence-corrected chi connectivity index (χ3v) is 2.43. The van der Waals surface area contributed by atoms with Gasteiger partial charge in [0.2, 0.25) is 5.91 Å². The molecule has 3 nitrogen and oxygen atoms in total. The van der Waals surface area contributed by atoms with Gasteiger partial charge in [-0.15, -0.1) is 0 Å². The summed E-state index contributed by atoms with van der Waals surface area (Å²) in [5, 5.41) is 8.72. The second-order valence-corrected chi connectivity index (χ2v) is 3.58. The smallest absolute Gasteiger partial charge is 0.224 e. The number of nitrogens with zero attached hydrogens (tertiary/aromatic N) is 2.